The number of aliphatic imine (C=N–C) groups is 1. The van der Waals surface area contributed by atoms with Crippen LogP contribution in [0.3, 0.4) is 0 Å². The maximum absolute atomic E-state index is 13.6. The monoisotopic (exact) mass is 630 g/mol. The number of halogens is 1. The van der Waals surface area contributed by atoms with Crippen LogP contribution in [-0.2, 0) is 19.4 Å². The largest absolute Gasteiger partial charge is 0.493 e. The second-order valence-corrected chi connectivity index (χ2v) is 13.4. The van der Waals surface area contributed by atoms with Gasteiger partial charge in [0.25, 0.3) is 5.91 Å². The van der Waals surface area contributed by atoms with Crippen molar-refractivity contribution in [3.63, 3.8) is 0 Å². The molecule has 1 amide bonds. The Hall–Kier alpha value is -4.14. The highest BCUT2D eigenvalue weighted by Crippen LogP contribution is 2.45. The number of carbonyl (C=O) groups excluding carboxylic acids is 1. The molecule has 1 heterocycles. The standard InChI is InChI=1S/C35H35ClN2O5S/c1-35(2,3)24-13-14-26-29(18-24)44-33(30(26)32(39)38-25-11-6-5-7-12-25)37-19-22-16-27(36)31(28(17-22)42-4)43-20-21-9-8-10-23(15-21)34(40)41/h5-12,15-17,19,24H,13-14,18,20H2,1-4H3,(H,38,39)(H,40,41)/t24-/m1/s1. The number of carboxylic acids is 1. The number of carboxylic acid groups (broad SMARTS) is 1. The fourth-order valence-corrected chi connectivity index (χ4v) is 6.93. The first-order valence-corrected chi connectivity index (χ1v) is 15.6. The van der Waals surface area contributed by atoms with Gasteiger partial charge in [-0.15, -0.1) is 11.3 Å². The van der Waals surface area contributed by atoms with Gasteiger partial charge in [0.1, 0.15) is 11.6 Å². The second-order valence-electron chi connectivity index (χ2n) is 11.9. The number of amides is 1. The van der Waals surface area contributed by atoms with Gasteiger partial charge in [-0.2, -0.15) is 0 Å². The first-order chi connectivity index (χ1) is 21.0. The quantitative estimate of drug-likeness (QED) is 0.180. The number of fused-ring (bicyclic) bond motifs is 1. The molecule has 7 nitrogen and oxygen atoms in total. The Labute approximate surface area is 266 Å². The van der Waals surface area contributed by atoms with E-state index in [1.165, 1.54) is 18.1 Å². The van der Waals surface area contributed by atoms with Crippen molar-refractivity contribution in [1.29, 1.82) is 0 Å². The lowest BCUT2D eigenvalue weighted by atomic mass is 9.72. The third-order valence-electron chi connectivity index (χ3n) is 7.87. The highest BCUT2D eigenvalue weighted by Gasteiger charge is 2.33. The summed E-state index contributed by atoms with van der Waals surface area (Å²) < 4.78 is 11.5. The zero-order valence-corrected chi connectivity index (χ0v) is 26.7. The molecule has 0 fully saturated rings. The zero-order chi connectivity index (χ0) is 31.4. The van der Waals surface area contributed by atoms with Crippen LogP contribution in [0, 0.1) is 11.3 Å². The van der Waals surface area contributed by atoms with Gasteiger partial charge in [0.15, 0.2) is 11.5 Å². The van der Waals surface area contributed by atoms with Gasteiger partial charge in [0.05, 0.1) is 23.3 Å². The fraction of sp³-hybridized carbons (Fsp3) is 0.286. The van der Waals surface area contributed by atoms with Crippen LogP contribution in [0.4, 0.5) is 10.7 Å². The molecule has 228 valence electrons. The Morgan fingerprint density at radius 2 is 1.89 bits per heavy atom. The maximum atomic E-state index is 13.6. The second kappa shape index (κ2) is 13.2. The molecule has 44 heavy (non-hydrogen) atoms. The molecule has 0 spiro atoms. The van der Waals surface area contributed by atoms with E-state index in [1.54, 1.807) is 47.9 Å². The van der Waals surface area contributed by atoms with Gasteiger partial charge in [-0.1, -0.05) is 62.7 Å². The summed E-state index contributed by atoms with van der Waals surface area (Å²) in [5, 5.41) is 13.3. The third-order valence-corrected chi connectivity index (χ3v) is 9.31. The number of benzene rings is 3. The van der Waals surface area contributed by atoms with Crippen LogP contribution in [0.15, 0.2) is 71.7 Å². The van der Waals surface area contributed by atoms with Crippen LogP contribution in [0.1, 0.15) is 69.5 Å². The first-order valence-electron chi connectivity index (χ1n) is 14.4. The minimum atomic E-state index is -1.01. The molecule has 0 saturated carbocycles. The Balaban J connectivity index is 1.43. The zero-order valence-electron chi connectivity index (χ0n) is 25.1. The predicted octanol–water partition coefficient (Wildman–Crippen LogP) is 8.84. The van der Waals surface area contributed by atoms with E-state index in [1.807, 2.05) is 30.3 Å². The summed E-state index contributed by atoms with van der Waals surface area (Å²) in [5.41, 5.74) is 4.16. The molecule has 1 aliphatic rings. The number of nitrogens with one attached hydrogen (secondary N) is 1. The lowest BCUT2D eigenvalue weighted by Crippen LogP contribution is -2.27. The average molecular weight is 631 g/mol. The molecule has 0 saturated heterocycles. The molecule has 0 bridgehead atoms. The highest BCUT2D eigenvalue weighted by atomic mass is 35.5. The van der Waals surface area contributed by atoms with Crippen molar-refractivity contribution in [2.75, 3.05) is 12.4 Å². The molecule has 1 aliphatic carbocycles. The first kappa shape index (κ1) is 31.3. The average Bonchev–Trinajstić information content (AvgIpc) is 3.37. The number of ether oxygens (including phenoxy) is 2. The van der Waals surface area contributed by atoms with Crippen molar-refractivity contribution in [3.8, 4) is 11.5 Å². The Morgan fingerprint density at radius 3 is 2.59 bits per heavy atom. The van der Waals surface area contributed by atoms with Gasteiger partial charge in [-0.05, 0) is 83.7 Å². The van der Waals surface area contributed by atoms with Crippen LogP contribution in [0.25, 0.3) is 0 Å². The summed E-state index contributed by atoms with van der Waals surface area (Å²) in [6.07, 6.45) is 4.47. The highest BCUT2D eigenvalue weighted by molar-refractivity contribution is 7.16. The number of anilines is 1. The van der Waals surface area contributed by atoms with Crippen LogP contribution in [0.5, 0.6) is 11.5 Å². The van der Waals surface area contributed by atoms with E-state index < -0.39 is 5.97 Å². The van der Waals surface area contributed by atoms with Gasteiger partial charge in [-0.3, -0.25) is 4.79 Å². The number of hydrogen-bond donors (Lipinski definition) is 2. The number of rotatable bonds is 9. The molecule has 9 heteroatoms. The van der Waals surface area contributed by atoms with Gasteiger partial charge in [0.2, 0.25) is 0 Å². The lowest BCUT2D eigenvalue weighted by Gasteiger charge is -2.33. The third kappa shape index (κ3) is 7.14. The molecule has 2 N–H and O–H groups in total. The van der Waals surface area contributed by atoms with Gasteiger partial charge in [-0.25, -0.2) is 9.79 Å². The topological polar surface area (TPSA) is 97.2 Å². The number of methoxy groups -OCH3 is 1. The Morgan fingerprint density at radius 1 is 1.11 bits per heavy atom. The molecule has 0 aliphatic heterocycles. The number of thiophene rings is 1. The molecular weight excluding hydrogens is 596 g/mol. The minimum absolute atomic E-state index is 0.112. The van der Waals surface area contributed by atoms with E-state index in [2.05, 4.69) is 26.1 Å². The summed E-state index contributed by atoms with van der Waals surface area (Å²) in [7, 11) is 1.52. The summed E-state index contributed by atoms with van der Waals surface area (Å²) in [6.45, 7) is 6.93. The maximum Gasteiger partial charge on any atom is 0.335 e. The van der Waals surface area contributed by atoms with Crippen LogP contribution >= 0.6 is 22.9 Å². The smallest absolute Gasteiger partial charge is 0.335 e. The van der Waals surface area contributed by atoms with Crippen molar-refractivity contribution >= 4 is 51.7 Å². The molecule has 3 aromatic carbocycles. The lowest BCUT2D eigenvalue weighted by molar-refractivity contribution is 0.0696. The van der Waals surface area contributed by atoms with Crippen molar-refractivity contribution in [1.82, 2.24) is 0 Å². The summed E-state index contributed by atoms with van der Waals surface area (Å²) >= 11 is 8.21. The summed E-state index contributed by atoms with van der Waals surface area (Å²) in [4.78, 5) is 31.0. The fourth-order valence-electron chi connectivity index (χ4n) is 5.39. The van der Waals surface area contributed by atoms with Crippen LogP contribution in [-0.4, -0.2) is 30.3 Å². The number of nitrogens with zero attached hydrogens (tertiary/aromatic N) is 1. The van der Waals surface area contributed by atoms with Crippen molar-refractivity contribution in [2.45, 2.75) is 46.6 Å². The van der Waals surface area contributed by atoms with Crippen LogP contribution < -0.4 is 14.8 Å². The molecule has 5 rings (SSSR count). The number of hydrogen-bond acceptors (Lipinski definition) is 6. The normalized spacial score (nSPS) is 14.7. The van der Waals surface area contributed by atoms with Gasteiger partial charge >= 0.3 is 5.97 Å². The number of aromatic carboxylic acids is 1. The molecule has 0 radical (unpaired) electrons. The Bertz CT molecular complexity index is 1710. The molecular formula is C35H35ClN2O5S. The van der Waals surface area contributed by atoms with Gasteiger partial charge < -0.3 is 19.9 Å². The van der Waals surface area contributed by atoms with Crippen LogP contribution in [0.2, 0.25) is 5.02 Å². The van der Waals surface area contributed by atoms with E-state index in [4.69, 9.17) is 26.1 Å². The van der Waals surface area contributed by atoms with E-state index in [-0.39, 0.29) is 23.5 Å². The van der Waals surface area contributed by atoms with E-state index in [0.29, 0.717) is 44.1 Å². The van der Waals surface area contributed by atoms with Crippen molar-refractivity contribution < 1.29 is 24.2 Å². The molecule has 0 unspecified atom stereocenters. The van der Waals surface area contributed by atoms with Gasteiger partial charge in [0, 0.05) is 16.8 Å². The number of para-hydroxylation sites is 1. The minimum Gasteiger partial charge on any atom is -0.493 e. The summed E-state index contributed by atoms with van der Waals surface area (Å²) in [6, 6.07) is 19.5. The SMILES string of the molecule is COc1cc(C=Nc2sc3c(c2C(=O)Nc2ccccc2)CC[C@@H](C(C)(C)C)C3)cc(Cl)c1OCc1cccc(C(=O)O)c1. The van der Waals surface area contributed by atoms with E-state index in [9.17, 15) is 14.7 Å². The summed E-state index contributed by atoms with van der Waals surface area (Å²) in [5.74, 6) is 0.107. The molecule has 1 aromatic heterocycles. The predicted molar refractivity (Wildman–Crippen MR) is 177 cm³/mol. The molecule has 4 aromatic rings. The van der Waals surface area contributed by atoms with E-state index in [0.717, 1.165) is 30.5 Å². The Kier molecular flexibility index (Phi) is 9.42. The van der Waals surface area contributed by atoms with Crippen molar-refractivity contribution in [2.24, 2.45) is 16.3 Å². The van der Waals surface area contributed by atoms with E-state index >= 15 is 0 Å². The number of carbonyl (C=O) groups is 2. The molecule has 1 atom stereocenters. The van der Waals surface area contributed by atoms with Crippen molar-refractivity contribution in [3.05, 3.63) is 104 Å².